The van der Waals surface area contributed by atoms with Crippen LogP contribution in [0.5, 0.6) is 0 Å². The van der Waals surface area contributed by atoms with Gasteiger partial charge in [0.05, 0.1) is 18.3 Å². The van der Waals surface area contributed by atoms with Crippen molar-refractivity contribution in [2.75, 3.05) is 58.9 Å². The molecule has 3 saturated heterocycles. The number of nitrogens with one attached hydrogen (secondary N) is 1. The van der Waals surface area contributed by atoms with Crippen molar-refractivity contribution in [2.24, 2.45) is 35.5 Å². The largest absolute Gasteiger partial charge is 0.460 e. The Morgan fingerprint density at radius 2 is 1.56 bits per heavy atom. The Balaban J connectivity index is 1.19. The van der Waals surface area contributed by atoms with Gasteiger partial charge in [-0.3, -0.25) is 19.2 Å². The first-order valence-corrected chi connectivity index (χ1v) is 29.4. The Morgan fingerprint density at radius 3 is 2.25 bits per heavy atom. The number of carbonyl (C=O) groups is 6. The minimum Gasteiger partial charge on any atom is -0.460 e. The Bertz CT molecular complexity index is 2420. The van der Waals surface area contributed by atoms with E-state index in [1.54, 1.807) is 54.3 Å². The number of hydrogen-bond acceptors (Lipinski definition) is 18. The van der Waals surface area contributed by atoms with Gasteiger partial charge in [-0.2, -0.15) is 0 Å². The number of anilines is 1. The number of Topliss-reactive ketones (excluding diaryl/α,β-unsaturated/α-hetero) is 3. The molecular formula is C61H92N6O14. The number of fused-ring (bicyclic) bond motifs is 3. The third-order valence-electron chi connectivity index (χ3n) is 17.4. The van der Waals surface area contributed by atoms with Crippen LogP contribution in [-0.2, 0) is 54.2 Å². The molecule has 4 fully saturated rings. The fourth-order valence-electron chi connectivity index (χ4n) is 12.0. The van der Waals surface area contributed by atoms with Crippen molar-refractivity contribution in [2.45, 2.75) is 187 Å². The number of aliphatic hydroxyl groups excluding tert-OH is 2. The van der Waals surface area contributed by atoms with Crippen molar-refractivity contribution in [3.8, 4) is 0 Å². The summed E-state index contributed by atoms with van der Waals surface area (Å²) in [5.41, 5.74) is 1.80. The molecule has 5 aliphatic rings. The number of nitrogens with zero attached hydrogens (tertiary/aromatic N) is 5. The van der Waals surface area contributed by atoms with E-state index in [1.807, 2.05) is 51.2 Å². The minimum absolute atomic E-state index is 0.00857. The zero-order valence-corrected chi connectivity index (χ0v) is 49.5. The standard InChI is InChI=1S/C61H92N6O14/c1-37-16-12-11-13-17-38(2)50(77-9)32-46-21-19-43(7)61(76,81-46)56(72)57(73)67-23-15-14-18-47(67)58(74)79-51(33-48(68)39(3)29-42(6)54(70)55(71)53(69)41(5)28-37)40(4)30-44-20-22-49(52(31-44)78-10)80-60(75)64-36-45-34-62-59(63-35-45)66-26-24-65(8)25-27-66/h11-13,16-17,29,34-35,37,39-41,43-44,46-47,49-52,54-55,70-71,76H,14-15,18-28,30-33,36H2,1-10H3,(H,64,75)/b13-11+,16-12+,38-17+,42-29+/t37-,39-,40-,41?,43-,44+,46+,47+,49-,50+,51+,52-,54-,55+,61-/m1/s1. The predicted octanol–water partition coefficient (Wildman–Crippen LogP) is 6.00. The highest BCUT2D eigenvalue weighted by Crippen LogP contribution is 2.38. The molecule has 15 atom stereocenters. The van der Waals surface area contributed by atoms with Crippen LogP contribution in [0, 0.1) is 35.5 Å². The Morgan fingerprint density at radius 1 is 0.840 bits per heavy atom. The average molecular weight is 1130 g/mol. The molecule has 1 aromatic rings. The van der Waals surface area contributed by atoms with Crippen LogP contribution in [0.15, 0.2) is 60.0 Å². The number of piperidine rings is 1. The molecule has 1 aromatic heterocycles. The Kier molecular flexibility index (Phi) is 24.3. The van der Waals surface area contributed by atoms with E-state index in [2.05, 4.69) is 32.1 Å². The van der Waals surface area contributed by atoms with Gasteiger partial charge in [0.1, 0.15) is 36.2 Å². The van der Waals surface area contributed by atoms with Crippen LogP contribution in [0.25, 0.3) is 0 Å². The molecule has 20 heteroatoms. The topological polar surface area (TPSA) is 257 Å². The number of rotatable bonds is 9. The number of amides is 2. The highest BCUT2D eigenvalue weighted by atomic mass is 16.6. The second kappa shape index (κ2) is 30.4. The smallest absolute Gasteiger partial charge is 0.407 e. The summed E-state index contributed by atoms with van der Waals surface area (Å²) in [4.78, 5) is 98.9. The summed E-state index contributed by atoms with van der Waals surface area (Å²) >= 11 is 0. The molecule has 2 amide bonds. The van der Waals surface area contributed by atoms with Crippen molar-refractivity contribution < 1.29 is 67.8 Å². The van der Waals surface area contributed by atoms with Crippen LogP contribution < -0.4 is 10.2 Å². The van der Waals surface area contributed by atoms with Crippen molar-refractivity contribution >= 4 is 41.3 Å². The maximum Gasteiger partial charge on any atom is 0.407 e. The molecule has 0 radical (unpaired) electrons. The lowest BCUT2D eigenvalue weighted by Gasteiger charge is -2.42. The van der Waals surface area contributed by atoms with Gasteiger partial charge in [-0.05, 0) is 114 Å². The molecule has 1 saturated carbocycles. The SMILES string of the molecule is CO[C@H]1C[C@@H]2CC[C@@H](C)[C@@](O)(O2)C(=O)C(=O)N2CCCC[C@H]2C(=O)O[C@H]([C@H](C)C[C@@H]2CC[C@@H](OC(=O)NCc3cnc(N4CCN(C)CC4)nc3)[C@H](OC)C2)CC(=O)[C@H](C)/C=C(\C)[C@@H](O)[C@@H](O)C(=O)C(C)C[C@H](C)/C=C/C=C/C=C/1C. The highest BCUT2D eigenvalue weighted by molar-refractivity contribution is 6.39. The van der Waals surface area contributed by atoms with E-state index in [9.17, 15) is 44.1 Å². The lowest BCUT2D eigenvalue weighted by molar-refractivity contribution is -0.265. The van der Waals surface area contributed by atoms with Crippen LogP contribution in [-0.4, -0.2) is 179 Å². The predicted molar refractivity (Wildman–Crippen MR) is 303 cm³/mol. The zero-order valence-electron chi connectivity index (χ0n) is 49.5. The fraction of sp³-hybridized carbons (Fsp3) is 0.705. The number of alkyl carbamates (subject to hydrolysis) is 1. The first kappa shape index (κ1) is 64.9. The van der Waals surface area contributed by atoms with E-state index in [4.69, 9.17) is 23.7 Å². The molecule has 5 heterocycles. The van der Waals surface area contributed by atoms with Gasteiger partial charge in [0.15, 0.2) is 5.78 Å². The number of allylic oxidation sites excluding steroid dienone is 6. The number of aromatic nitrogens is 2. The van der Waals surface area contributed by atoms with Gasteiger partial charge in [0.2, 0.25) is 11.7 Å². The number of methoxy groups -OCH3 is 2. The molecule has 0 spiro atoms. The lowest BCUT2D eigenvalue weighted by atomic mass is 9.78. The van der Waals surface area contributed by atoms with E-state index in [0.717, 1.165) is 37.3 Å². The number of aliphatic hydroxyl groups is 3. The van der Waals surface area contributed by atoms with Gasteiger partial charge in [0, 0.05) is 102 Å². The third-order valence-corrected chi connectivity index (χ3v) is 17.4. The molecule has 0 aromatic carbocycles. The van der Waals surface area contributed by atoms with Gasteiger partial charge in [-0.25, -0.2) is 19.6 Å². The molecule has 81 heavy (non-hydrogen) atoms. The first-order valence-electron chi connectivity index (χ1n) is 29.4. The van der Waals surface area contributed by atoms with Gasteiger partial charge in [-0.15, -0.1) is 0 Å². The van der Waals surface area contributed by atoms with E-state index >= 15 is 0 Å². The normalized spacial score (nSPS) is 36.0. The number of piperazine rings is 1. The second-order valence-electron chi connectivity index (χ2n) is 23.8. The molecular weight excluding hydrogens is 1040 g/mol. The van der Waals surface area contributed by atoms with Gasteiger partial charge >= 0.3 is 12.1 Å². The molecule has 450 valence electrons. The highest BCUT2D eigenvalue weighted by Gasteiger charge is 2.53. The van der Waals surface area contributed by atoms with Crippen LogP contribution in [0.3, 0.4) is 0 Å². The summed E-state index contributed by atoms with van der Waals surface area (Å²) in [6.07, 6.45) is 11.8. The van der Waals surface area contributed by atoms with E-state index in [-0.39, 0.29) is 55.5 Å². The van der Waals surface area contributed by atoms with Crippen molar-refractivity contribution in [1.29, 1.82) is 0 Å². The van der Waals surface area contributed by atoms with E-state index < -0.39 is 108 Å². The lowest BCUT2D eigenvalue weighted by Crippen LogP contribution is -2.61. The van der Waals surface area contributed by atoms with Crippen molar-refractivity contribution in [3.05, 3.63) is 65.6 Å². The molecule has 4 aliphatic heterocycles. The Hall–Kier alpha value is -5.22. The van der Waals surface area contributed by atoms with E-state index in [1.165, 1.54) is 11.0 Å². The van der Waals surface area contributed by atoms with Crippen molar-refractivity contribution in [3.63, 3.8) is 0 Å². The Labute approximate surface area is 479 Å². The number of esters is 1. The van der Waals surface area contributed by atoms with Crippen molar-refractivity contribution in [1.82, 2.24) is 25.1 Å². The van der Waals surface area contributed by atoms with Crippen LogP contribution in [0.1, 0.15) is 131 Å². The summed E-state index contributed by atoms with van der Waals surface area (Å²) in [5, 5.41) is 37.3. The minimum atomic E-state index is -2.47. The average Bonchev–Trinajstić information content (AvgIpc) is 3.53. The molecule has 6 rings (SSSR count). The fourth-order valence-corrected chi connectivity index (χ4v) is 12.0. The molecule has 1 aliphatic carbocycles. The first-order chi connectivity index (χ1) is 38.5. The maximum atomic E-state index is 14.6. The van der Waals surface area contributed by atoms with Gasteiger partial charge in [-0.1, -0.05) is 71.1 Å². The number of likely N-dealkylation sites (N-methyl/N-ethyl adjacent to an activating group) is 1. The molecule has 4 N–H and O–H groups in total. The molecule has 1 unspecified atom stereocenters. The maximum absolute atomic E-state index is 14.6. The van der Waals surface area contributed by atoms with Crippen LogP contribution >= 0.6 is 0 Å². The summed E-state index contributed by atoms with van der Waals surface area (Å²) in [6, 6.07) is -1.20. The monoisotopic (exact) mass is 1130 g/mol. The second-order valence-corrected chi connectivity index (χ2v) is 23.8. The number of ketones is 3. The summed E-state index contributed by atoms with van der Waals surface area (Å²) in [5.74, 6) is -8.41. The van der Waals surface area contributed by atoms with Crippen LogP contribution in [0.4, 0.5) is 10.7 Å². The molecule has 2 bridgehead atoms. The van der Waals surface area contributed by atoms with Gasteiger partial charge in [0.25, 0.3) is 11.7 Å². The summed E-state index contributed by atoms with van der Waals surface area (Å²) < 4.78 is 30.2. The third kappa shape index (κ3) is 17.7. The number of ether oxygens (including phenoxy) is 5. The zero-order chi connectivity index (χ0) is 59.1. The molecule has 20 nitrogen and oxygen atoms in total. The van der Waals surface area contributed by atoms with Crippen LogP contribution in [0.2, 0.25) is 0 Å². The summed E-state index contributed by atoms with van der Waals surface area (Å²) in [7, 11) is 5.21. The number of cyclic esters (lactones) is 1. The summed E-state index contributed by atoms with van der Waals surface area (Å²) in [6.45, 7) is 16.0. The quantitative estimate of drug-likeness (QED) is 0.126. The van der Waals surface area contributed by atoms with Gasteiger partial charge < -0.3 is 59.0 Å². The number of hydrogen-bond donors (Lipinski definition) is 4. The number of carbonyl (C=O) groups excluding carboxylic acids is 6. The van der Waals surface area contributed by atoms with E-state index in [0.29, 0.717) is 63.7 Å².